The molecule has 9 heteroatoms. The summed E-state index contributed by atoms with van der Waals surface area (Å²) in [5.41, 5.74) is 7.78. The second-order valence-electron chi connectivity index (χ2n) is 7.24. The van der Waals surface area contributed by atoms with Gasteiger partial charge in [-0.15, -0.1) is 5.10 Å². The fraction of sp³-hybridized carbons (Fsp3) is 0.238. The van der Waals surface area contributed by atoms with Gasteiger partial charge in [0.15, 0.2) is 11.5 Å². The third kappa shape index (κ3) is 3.56. The number of amides is 1. The van der Waals surface area contributed by atoms with Crippen molar-refractivity contribution in [1.82, 2.24) is 19.6 Å². The van der Waals surface area contributed by atoms with E-state index in [1.807, 2.05) is 56.3 Å². The zero-order valence-corrected chi connectivity index (χ0v) is 18.3. The number of benzene rings is 2. The zero-order chi connectivity index (χ0) is 21.4. The number of nitrogens with zero attached hydrogens (tertiary/aromatic N) is 4. The molecule has 0 fully saturated rings. The van der Waals surface area contributed by atoms with Crippen LogP contribution in [-0.2, 0) is 4.79 Å². The number of aromatic nitrogens is 4. The quantitative estimate of drug-likeness (QED) is 0.447. The van der Waals surface area contributed by atoms with Crippen LogP contribution >= 0.6 is 15.9 Å². The molecule has 3 N–H and O–H groups in total. The molecule has 154 valence electrons. The minimum absolute atomic E-state index is 0.0289. The normalized spacial score (nSPS) is 12.4. The predicted octanol–water partition coefficient (Wildman–Crippen LogP) is 3.64. The first-order chi connectivity index (χ1) is 14.4. The maximum Gasteiger partial charge on any atom is 0.240 e. The smallest absolute Gasteiger partial charge is 0.240 e. The molecule has 0 aliphatic heterocycles. The number of carbonyl (C=O) groups is 1. The van der Waals surface area contributed by atoms with Crippen LogP contribution in [0.1, 0.15) is 13.8 Å². The lowest BCUT2D eigenvalue weighted by atomic mass is 10.0. The van der Waals surface area contributed by atoms with Gasteiger partial charge in [-0.25, -0.2) is 9.97 Å². The fourth-order valence-corrected chi connectivity index (χ4v) is 3.71. The van der Waals surface area contributed by atoms with Crippen molar-refractivity contribution in [3.05, 3.63) is 46.9 Å². The first kappa shape index (κ1) is 20.1. The van der Waals surface area contributed by atoms with E-state index in [0.717, 1.165) is 21.2 Å². The number of nitrogens with one attached hydrogen (secondary N) is 1. The molecule has 0 aliphatic rings. The molecule has 8 nitrogen and oxygen atoms in total. The number of hydrogen-bond acceptors (Lipinski definition) is 6. The topological polar surface area (TPSA) is 107 Å². The third-order valence-electron chi connectivity index (χ3n) is 4.86. The summed E-state index contributed by atoms with van der Waals surface area (Å²) in [6, 6.07) is 12.7. The van der Waals surface area contributed by atoms with Crippen molar-refractivity contribution in [2.75, 3.05) is 12.4 Å². The second-order valence-corrected chi connectivity index (χ2v) is 8.09. The summed E-state index contributed by atoms with van der Waals surface area (Å²) >= 11 is 3.56. The van der Waals surface area contributed by atoms with Gasteiger partial charge in [-0.2, -0.15) is 4.52 Å². The average Bonchev–Trinajstić information content (AvgIpc) is 3.18. The van der Waals surface area contributed by atoms with Gasteiger partial charge in [-0.05, 0) is 58.2 Å². The maximum absolute atomic E-state index is 12.0. The summed E-state index contributed by atoms with van der Waals surface area (Å²) in [7, 11) is 1.62. The molecule has 0 spiro atoms. The molecule has 0 radical (unpaired) electrons. The van der Waals surface area contributed by atoms with E-state index in [1.54, 1.807) is 11.6 Å². The summed E-state index contributed by atoms with van der Waals surface area (Å²) in [5, 5.41) is 8.66. The second kappa shape index (κ2) is 7.91. The van der Waals surface area contributed by atoms with Crippen molar-refractivity contribution in [2.24, 2.45) is 11.7 Å². The highest BCUT2D eigenvalue weighted by atomic mass is 79.9. The van der Waals surface area contributed by atoms with Crippen LogP contribution in [0.2, 0.25) is 0 Å². The van der Waals surface area contributed by atoms with Crippen molar-refractivity contribution in [1.29, 1.82) is 0 Å². The summed E-state index contributed by atoms with van der Waals surface area (Å²) < 4.78 is 7.66. The van der Waals surface area contributed by atoms with E-state index in [-0.39, 0.29) is 5.92 Å². The minimum atomic E-state index is -0.603. The van der Waals surface area contributed by atoms with Gasteiger partial charge < -0.3 is 15.8 Å². The molecule has 0 aliphatic carbocycles. The van der Waals surface area contributed by atoms with Crippen LogP contribution in [0.5, 0.6) is 5.75 Å². The molecule has 0 bridgehead atoms. The van der Waals surface area contributed by atoms with Crippen molar-refractivity contribution in [3.8, 4) is 17.1 Å². The number of para-hydroxylation sites is 1. The number of hydrogen-bond donors (Lipinski definition) is 2. The average molecular weight is 469 g/mol. The Labute approximate surface area is 181 Å². The fourth-order valence-electron chi connectivity index (χ4n) is 3.26. The predicted molar refractivity (Wildman–Crippen MR) is 119 cm³/mol. The maximum atomic E-state index is 12.0. The lowest BCUT2D eigenvalue weighted by molar-refractivity contribution is -0.119. The van der Waals surface area contributed by atoms with Gasteiger partial charge in [0.25, 0.3) is 0 Å². The summed E-state index contributed by atoms with van der Waals surface area (Å²) in [5.74, 6) is 1.20. The molecular formula is C21H21BrN6O2. The highest BCUT2D eigenvalue weighted by Crippen LogP contribution is 2.29. The molecule has 30 heavy (non-hydrogen) atoms. The number of nitrogens with two attached hydrogens (primary N) is 1. The van der Waals surface area contributed by atoms with Crippen LogP contribution in [0.25, 0.3) is 27.9 Å². The first-order valence-electron chi connectivity index (χ1n) is 9.44. The highest BCUT2D eigenvalue weighted by molar-refractivity contribution is 9.10. The Morgan fingerprint density at radius 2 is 1.90 bits per heavy atom. The Balaban J connectivity index is 1.93. The first-order valence-corrected chi connectivity index (χ1v) is 10.2. The summed E-state index contributed by atoms with van der Waals surface area (Å²) in [6.07, 6.45) is 0. The summed E-state index contributed by atoms with van der Waals surface area (Å²) in [4.78, 5) is 21.4. The van der Waals surface area contributed by atoms with Crippen LogP contribution in [-0.4, -0.2) is 38.6 Å². The number of ether oxygens (including phenoxy) is 1. The van der Waals surface area contributed by atoms with Crippen molar-refractivity contribution >= 4 is 44.3 Å². The van der Waals surface area contributed by atoms with Crippen molar-refractivity contribution < 1.29 is 9.53 Å². The number of anilines is 1. The van der Waals surface area contributed by atoms with Gasteiger partial charge in [-0.1, -0.05) is 19.9 Å². The van der Waals surface area contributed by atoms with E-state index in [9.17, 15) is 4.79 Å². The van der Waals surface area contributed by atoms with Gasteiger partial charge in [0.05, 0.1) is 12.6 Å². The van der Waals surface area contributed by atoms with Crippen LogP contribution in [0.3, 0.4) is 0 Å². The Morgan fingerprint density at radius 1 is 1.17 bits per heavy atom. The molecule has 1 amide bonds. The number of primary amides is 1. The molecule has 2 aromatic carbocycles. The Morgan fingerprint density at radius 3 is 2.53 bits per heavy atom. The number of halogens is 1. The molecule has 4 aromatic rings. The Bertz CT molecular complexity index is 1240. The van der Waals surface area contributed by atoms with E-state index < -0.39 is 11.9 Å². The monoisotopic (exact) mass is 468 g/mol. The van der Waals surface area contributed by atoms with Crippen LogP contribution in [0.4, 0.5) is 5.95 Å². The minimum Gasteiger partial charge on any atom is -0.497 e. The largest absolute Gasteiger partial charge is 0.497 e. The molecule has 4 rings (SSSR count). The molecular weight excluding hydrogens is 448 g/mol. The Hall–Kier alpha value is -3.20. The van der Waals surface area contributed by atoms with E-state index >= 15 is 0 Å². The van der Waals surface area contributed by atoms with Gasteiger partial charge in [0.2, 0.25) is 11.9 Å². The van der Waals surface area contributed by atoms with E-state index in [1.165, 1.54) is 0 Å². The van der Waals surface area contributed by atoms with Crippen molar-refractivity contribution in [2.45, 2.75) is 19.9 Å². The lowest BCUT2D eigenvalue weighted by Crippen LogP contribution is -2.40. The molecule has 2 heterocycles. The number of carbonyl (C=O) groups excluding carboxylic acids is 1. The van der Waals surface area contributed by atoms with E-state index in [0.29, 0.717) is 22.9 Å². The van der Waals surface area contributed by atoms with Crippen LogP contribution < -0.4 is 15.8 Å². The van der Waals surface area contributed by atoms with E-state index in [2.05, 4.69) is 26.3 Å². The summed E-state index contributed by atoms with van der Waals surface area (Å²) in [6.45, 7) is 3.83. The Kier molecular flexibility index (Phi) is 5.29. The molecule has 0 saturated carbocycles. The standard InChI is InChI=1S/C21H21BrN6O2/c1-11(2)16(18(23)29)24-21-25-17-14(5-4-6-15(17)22)20-26-19(27-28(20)21)12-7-9-13(30-3)10-8-12/h4-11,16H,1-3H3,(H2,23,29)(H,24,25)/t16-/m1/s1. The third-order valence-corrected chi connectivity index (χ3v) is 5.50. The molecule has 0 saturated heterocycles. The van der Waals surface area contributed by atoms with Crippen LogP contribution in [0.15, 0.2) is 46.9 Å². The molecule has 0 unspecified atom stereocenters. The highest BCUT2D eigenvalue weighted by Gasteiger charge is 2.23. The van der Waals surface area contributed by atoms with Gasteiger partial charge in [0, 0.05) is 15.4 Å². The van der Waals surface area contributed by atoms with Gasteiger partial charge in [0.1, 0.15) is 11.8 Å². The number of methoxy groups -OCH3 is 1. The number of fused-ring (bicyclic) bond motifs is 3. The molecule has 2 aromatic heterocycles. The van der Waals surface area contributed by atoms with E-state index in [4.69, 9.17) is 20.4 Å². The lowest BCUT2D eigenvalue weighted by Gasteiger charge is -2.20. The zero-order valence-electron chi connectivity index (χ0n) is 16.8. The molecule has 1 atom stereocenters. The van der Waals surface area contributed by atoms with Gasteiger partial charge >= 0.3 is 0 Å². The SMILES string of the molecule is COc1ccc(-c2nc3c4cccc(Br)c4nc(N[C@@H](C(N)=O)C(C)C)n3n2)cc1. The number of rotatable bonds is 6. The van der Waals surface area contributed by atoms with Crippen LogP contribution in [0, 0.1) is 5.92 Å². The van der Waals surface area contributed by atoms with Gasteiger partial charge in [-0.3, -0.25) is 4.79 Å². The van der Waals surface area contributed by atoms with Crippen molar-refractivity contribution in [3.63, 3.8) is 0 Å².